The van der Waals surface area contributed by atoms with Gasteiger partial charge in [0.2, 0.25) is 0 Å². The van der Waals surface area contributed by atoms with Gasteiger partial charge in [-0.05, 0) is 55.3 Å². The number of aryl methyl sites for hydroxylation is 1. The molecule has 2 nitrogen and oxygen atoms in total. The van der Waals surface area contributed by atoms with Gasteiger partial charge in [0.25, 0.3) is 0 Å². The number of halogens is 2. The predicted octanol–water partition coefficient (Wildman–Crippen LogP) is 4.11. The van der Waals surface area contributed by atoms with Crippen molar-refractivity contribution in [3.8, 4) is 0 Å². The number of benzene rings is 2. The molecule has 0 heterocycles. The van der Waals surface area contributed by atoms with Gasteiger partial charge >= 0.3 is 0 Å². The van der Waals surface area contributed by atoms with E-state index in [-0.39, 0.29) is 12.4 Å². The molecule has 0 saturated heterocycles. The molecule has 4 heteroatoms. The third-order valence-corrected chi connectivity index (χ3v) is 3.51. The summed E-state index contributed by atoms with van der Waals surface area (Å²) in [5.41, 5.74) is 1.63. The highest BCUT2D eigenvalue weighted by Crippen LogP contribution is 2.27. The van der Waals surface area contributed by atoms with Gasteiger partial charge in [0.15, 0.2) is 0 Å². The second-order valence-corrected chi connectivity index (χ2v) is 5.58. The summed E-state index contributed by atoms with van der Waals surface area (Å²) in [5, 5.41) is 13.5. The van der Waals surface area contributed by atoms with Gasteiger partial charge in [-0.15, -0.1) is 0 Å². The lowest BCUT2D eigenvalue weighted by molar-refractivity contribution is 0.224. The lowest BCUT2D eigenvalue weighted by atomic mass is 9.92. The van der Waals surface area contributed by atoms with Crippen molar-refractivity contribution in [2.75, 3.05) is 11.9 Å². The minimum absolute atomic E-state index is 0.121. The van der Waals surface area contributed by atoms with E-state index in [1.807, 2.05) is 32.0 Å². The molecule has 0 spiro atoms. The molecule has 0 fully saturated rings. The van der Waals surface area contributed by atoms with Gasteiger partial charge in [-0.1, -0.05) is 23.7 Å². The first-order valence-corrected chi connectivity index (χ1v) is 6.73. The smallest absolute Gasteiger partial charge is 0.125 e. The Morgan fingerprint density at radius 1 is 1.20 bits per heavy atom. The van der Waals surface area contributed by atoms with Crippen LogP contribution >= 0.6 is 11.6 Å². The molecule has 0 aliphatic heterocycles. The topological polar surface area (TPSA) is 32.3 Å². The summed E-state index contributed by atoms with van der Waals surface area (Å²) in [7, 11) is 0. The number of rotatable bonds is 4. The van der Waals surface area contributed by atoms with Crippen LogP contribution in [0.15, 0.2) is 42.5 Å². The normalized spacial score (nSPS) is 13.8. The van der Waals surface area contributed by atoms with Crippen LogP contribution < -0.4 is 5.32 Å². The highest BCUT2D eigenvalue weighted by molar-refractivity contribution is 6.30. The van der Waals surface area contributed by atoms with E-state index in [9.17, 15) is 9.50 Å². The second kappa shape index (κ2) is 5.81. The van der Waals surface area contributed by atoms with Gasteiger partial charge < -0.3 is 10.4 Å². The highest BCUT2D eigenvalue weighted by atomic mass is 35.5. The maximum absolute atomic E-state index is 13.4. The number of hydrogen-bond donors (Lipinski definition) is 2. The minimum Gasteiger partial charge on any atom is -0.394 e. The lowest BCUT2D eigenvalue weighted by Crippen LogP contribution is -2.35. The predicted molar refractivity (Wildman–Crippen MR) is 80.6 cm³/mol. The van der Waals surface area contributed by atoms with Crippen LogP contribution in [0.25, 0.3) is 0 Å². The fraction of sp³-hybridized carbons (Fsp3) is 0.250. The van der Waals surface area contributed by atoms with E-state index >= 15 is 0 Å². The molecule has 0 amide bonds. The van der Waals surface area contributed by atoms with Crippen molar-refractivity contribution >= 4 is 17.3 Å². The van der Waals surface area contributed by atoms with Crippen LogP contribution in [-0.2, 0) is 5.54 Å². The third kappa shape index (κ3) is 3.30. The van der Waals surface area contributed by atoms with Gasteiger partial charge in [-0.25, -0.2) is 4.39 Å². The Morgan fingerprint density at radius 3 is 2.40 bits per heavy atom. The lowest BCUT2D eigenvalue weighted by Gasteiger charge is -2.30. The number of aliphatic hydroxyl groups excluding tert-OH is 1. The number of hydrogen-bond acceptors (Lipinski definition) is 2. The first kappa shape index (κ1) is 14.8. The van der Waals surface area contributed by atoms with E-state index in [0.29, 0.717) is 10.7 Å². The standard InChI is InChI=1S/C16H17ClFNO/c1-11-7-14(18)9-15(8-11)19-16(2,10-20)12-3-5-13(17)6-4-12/h3-9,19-20H,10H2,1-2H3. The van der Waals surface area contributed by atoms with Gasteiger partial charge in [0.05, 0.1) is 12.1 Å². The monoisotopic (exact) mass is 293 g/mol. The van der Waals surface area contributed by atoms with Gasteiger partial charge in [0, 0.05) is 10.7 Å². The first-order chi connectivity index (χ1) is 9.43. The average molecular weight is 294 g/mol. The molecule has 0 radical (unpaired) electrons. The fourth-order valence-electron chi connectivity index (χ4n) is 2.15. The van der Waals surface area contributed by atoms with Crippen molar-refractivity contribution in [2.24, 2.45) is 0 Å². The van der Waals surface area contributed by atoms with Crippen LogP contribution in [0.2, 0.25) is 5.02 Å². The molecule has 1 atom stereocenters. The van der Waals surface area contributed by atoms with Crippen molar-refractivity contribution in [3.05, 3.63) is 64.4 Å². The second-order valence-electron chi connectivity index (χ2n) is 5.14. The molecular formula is C16H17ClFNO. The molecule has 106 valence electrons. The summed E-state index contributed by atoms with van der Waals surface area (Å²) in [4.78, 5) is 0. The van der Waals surface area contributed by atoms with Crippen molar-refractivity contribution in [3.63, 3.8) is 0 Å². The summed E-state index contributed by atoms with van der Waals surface area (Å²) in [6, 6.07) is 11.9. The molecule has 2 aromatic carbocycles. The molecule has 2 aromatic rings. The Bertz CT molecular complexity index is 580. The van der Waals surface area contributed by atoms with E-state index in [0.717, 1.165) is 11.1 Å². The molecule has 0 aliphatic rings. The maximum Gasteiger partial charge on any atom is 0.125 e. The Labute approximate surface area is 123 Å². The molecule has 20 heavy (non-hydrogen) atoms. The Morgan fingerprint density at radius 2 is 1.85 bits per heavy atom. The quantitative estimate of drug-likeness (QED) is 0.889. The zero-order chi connectivity index (χ0) is 14.8. The van der Waals surface area contributed by atoms with Crippen molar-refractivity contribution in [1.29, 1.82) is 0 Å². The Balaban J connectivity index is 2.33. The highest BCUT2D eigenvalue weighted by Gasteiger charge is 2.25. The molecule has 0 aromatic heterocycles. The summed E-state index contributed by atoms with van der Waals surface area (Å²) < 4.78 is 13.4. The van der Waals surface area contributed by atoms with Crippen molar-refractivity contribution in [1.82, 2.24) is 0 Å². The van der Waals surface area contributed by atoms with Crippen LogP contribution in [0.1, 0.15) is 18.1 Å². The van der Waals surface area contributed by atoms with Crippen LogP contribution in [0.3, 0.4) is 0 Å². The van der Waals surface area contributed by atoms with Gasteiger partial charge in [-0.3, -0.25) is 0 Å². The molecule has 0 saturated carbocycles. The number of nitrogens with one attached hydrogen (secondary N) is 1. The van der Waals surface area contributed by atoms with E-state index in [1.165, 1.54) is 12.1 Å². The van der Waals surface area contributed by atoms with E-state index in [1.54, 1.807) is 12.1 Å². The zero-order valence-electron chi connectivity index (χ0n) is 11.5. The summed E-state index contributed by atoms with van der Waals surface area (Å²) in [6.07, 6.45) is 0. The number of aliphatic hydroxyl groups is 1. The van der Waals surface area contributed by atoms with E-state index < -0.39 is 5.54 Å². The van der Waals surface area contributed by atoms with Crippen molar-refractivity contribution in [2.45, 2.75) is 19.4 Å². The van der Waals surface area contributed by atoms with Crippen LogP contribution in [0, 0.1) is 12.7 Å². The Hall–Kier alpha value is -1.58. The molecule has 2 rings (SSSR count). The van der Waals surface area contributed by atoms with Gasteiger partial charge in [-0.2, -0.15) is 0 Å². The van der Waals surface area contributed by atoms with E-state index in [2.05, 4.69) is 5.32 Å². The third-order valence-electron chi connectivity index (χ3n) is 3.26. The first-order valence-electron chi connectivity index (χ1n) is 6.35. The minimum atomic E-state index is -0.704. The summed E-state index contributed by atoms with van der Waals surface area (Å²) in [6.45, 7) is 3.56. The zero-order valence-corrected chi connectivity index (χ0v) is 12.2. The molecule has 2 N–H and O–H groups in total. The van der Waals surface area contributed by atoms with Crippen LogP contribution in [0.4, 0.5) is 10.1 Å². The molecular weight excluding hydrogens is 277 g/mol. The van der Waals surface area contributed by atoms with Crippen LogP contribution in [-0.4, -0.2) is 11.7 Å². The molecule has 0 bridgehead atoms. The fourth-order valence-corrected chi connectivity index (χ4v) is 2.27. The average Bonchev–Trinajstić information content (AvgIpc) is 2.38. The molecule has 1 unspecified atom stereocenters. The molecule has 0 aliphatic carbocycles. The Kier molecular flexibility index (Phi) is 4.31. The van der Waals surface area contributed by atoms with Gasteiger partial charge in [0.1, 0.15) is 5.82 Å². The summed E-state index contributed by atoms with van der Waals surface area (Å²) >= 11 is 5.87. The summed E-state index contributed by atoms with van der Waals surface area (Å²) in [5.74, 6) is -0.302. The maximum atomic E-state index is 13.4. The van der Waals surface area contributed by atoms with Crippen molar-refractivity contribution < 1.29 is 9.50 Å². The van der Waals surface area contributed by atoms with Crippen LogP contribution in [0.5, 0.6) is 0 Å². The number of anilines is 1. The largest absolute Gasteiger partial charge is 0.394 e. The SMILES string of the molecule is Cc1cc(F)cc(NC(C)(CO)c2ccc(Cl)cc2)c1. The van der Waals surface area contributed by atoms with E-state index in [4.69, 9.17) is 11.6 Å².